The molecule has 0 aliphatic rings. The molecule has 0 unspecified atom stereocenters. The Hall–Kier alpha value is -2.67. The standard InChI is InChI=1S/C16H17ClN4O3/c1-3-20-15(14(17)10-18-20)11-19(2)16(22)8-7-12-5-4-6-13(9-12)21(23)24/h4-10H,3,11H2,1-2H3/b8-7+. The number of rotatable bonds is 6. The van der Waals surface area contributed by atoms with Crippen molar-refractivity contribution in [3.8, 4) is 0 Å². The molecular weight excluding hydrogens is 332 g/mol. The summed E-state index contributed by atoms with van der Waals surface area (Å²) in [5.74, 6) is -0.235. The van der Waals surface area contributed by atoms with Crippen molar-refractivity contribution in [1.29, 1.82) is 0 Å². The number of aryl methyl sites for hydroxylation is 1. The van der Waals surface area contributed by atoms with Gasteiger partial charge in [-0.25, -0.2) is 0 Å². The Morgan fingerprint density at radius 1 is 1.50 bits per heavy atom. The summed E-state index contributed by atoms with van der Waals surface area (Å²) in [5, 5.41) is 15.4. The van der Waals surface area contributed by atoms with Crippen molar-refractivity contribution in [1.82, 2.24) is 14.7 Å². The molecule has 0 aliphatic carbocycles. The van der Waals surface area contributed by atoms with Crippen LogP contribution < -0.4 is 0 Å². The molecule has 2 aromatic rings. The van der Waals surface area contributed by atoms with Crippen LogP contribution in [0.4, 0.5) is 5.69 Å². The lowest BCUT2D eigenvalue weighted by Gasteiger charge is -2.16. The van der Waals surface area contributed by atoms with Gasteiger partial charge in [-0.2, -0.15) is 5.10 Å². The third kappa shape index (κ3) is 4.20. The fourth-order valence-corrected chi connectivity index (χ4v) is 2.36. The van der Waals surface area contributed by atoms with E-state index in [0.29, 0.717) is 23.7 Å². The summed E-state index contributed by atoms with van der Waals surface area (Å²) < 4.78 is 1.73. The molecule has 1 heterocycles. The minimum absolute atomic E-state index is 0.0171. The first-order valence-corrected chi connectivity index (χ1v) is 7.68. The number of carbonyl (C=O) groups is 1. The highest BCUT2D eigenvalue weighted by molar-refractivity contribution is 6.31. The molecule has 24 heavy (non-hydrogen) atoms. The van der Waals surface area contributed by atoms with Gasteiger partial charge in [-0.1, -0.05) is 23.7 Å². The summed E-state index contributed by atoms with van der Waals surface area (Å²) in [4.78, 5) is 24.0. The Labute approximate surface area is 144 Å². The van der Waals surface area contributed by atoms with E-state index in [0.717, 1.165) is 5.69 Å². The molecule has 1 aromatic carbocycles. The van der Waals surface area contributed by atoms with Crippen LogP contribution in [-0.4, -0.2) is 32.6 Å². The Kier molecular flexibility index (Phi) is 5.70. The molecule has 0 aliphatic heterocycles. The Bertz CT molecular complexity index is 785. The van der Waals surface area contributed by atoms with Gasteiger partial charge in [0.1, 0.15) is 0 Å². The molecule has 7 nitrogen and oxygen atoms in total. The molecule has 2 rings (SSSR count). The van der Waals surface area contributed by atoms with E-state index in [1.807, 2.05) is 6.92 Å². The van der Waals surface area contributed by atoms with Gasteiger partial charge in [0.05, 0.1) is 28.4 Å². The zero-order valence-corrected chi connectivity index (χ0v) is 14.1. The van der Waals surface area contributed by atoms with Crippen LogP contribution in [0.5, 0.6) is 0 Å². The first-order valence-electron chi connectivity index (χ1n) is 7.30. The van der Waals surface area contributed by atoms with E-state index in [2.05, 4.69) is 5.10 Å². The lowest BCUT2D eigenvalue weighted by molar-refractivity contribution is -0.384. The minimum atomic E-state index is -0.473. The number of non-ortho nitro benzene ring substituents is 1. The summed E-state index contributed by atoms with van der Waals surface area (Å²) in [5.41, 5.74) is 1.33. The maximum atomic E-state index is 12.2. The highest BCUT2D eigenvalue weighted by Gasteiger charge is 2.13. The second-order valence-electron chi connectivity index (χ2n) is 5.13. The van der Waals surface area contributed by atoms with Gasteiger partial charge in [0, 0.05) is 31.8 Å². The summed E-state index contributed by atoms with van der Waals surface area (Å²) in [6.07, 6.45) is 4.47. The van der Waals surface area contributed by atoms with Gasteiger partial charge in [-0.15, -0.1) is 0 Å². The van der Waals surface area contributed by atoms with Crippen molar-refractivity contribution in [3.63, 3.8) is 0 Å². The van der Waals surface area contributed by atoms with Crippen LogP contribution in [-0.2, 0) is 17.9 Å². The van der Waals surface area contributed by atoms with Gasteiger partial charge in [-0.05, 0) is 18.6 Å². The lowest BCUT2D eigenvalue weighted by Crippen LogP contribution is -2.25. The van der Waals surface area contributed by atoms with Crippen LogP contribution in [0.25, 0.3) is 6.08 Å². The zero-order valence-electron chi connectivity index (χ0n) is 13.3. The van der Waals surface area contributed by atoms with Crippen LogP contribution in [0.2, 0.25) is 5.02 Å². The molecule has 126 valence electrons. The van der Waals surface area contributed by atoms with Crippen LogP contribution >= 0.6 is 11.6 Å². The molecule has 8 heteroatoms. The van der Waals surface area contributed by atoms with Crippen LogP contribution in [0.15, 0.2) is 36.5 Å². The average Bonchev–Trinajstić information content (AvgIpc) is 2.92. The minimum Gasteiger partial charge on any atom is -0.336 e. The molecule has 0 fully saturated rings. The van der Waals surface area contributed by atoms with Crippen molar-refractivity contribution < 1.29 is 9.72 Å². The molecule has 0 radical (unpaired) electrons. The van der Waals surface area contributed by atoms with E-state index in [-0.39, 0.29) is 11.6 Å². The van der Waals surface area contributed by atoms with Crippen molar-refractivity contribution in [3.05, 3.63) is 62.9 Å². The maximum Gasteiger partial charge on any atom is 0.270 e. The summed E-state index contributed by atoms with van der Waals surface area (Å²) in [7, 11) is 1.66. The molecule has 0 bridgehead atoms. The van der Waals surface area contributed by atoms with Gasteiger partial charge < -0.3 is 4.90 Å². The molecule has 0 spiro atoms. The predicted molar refractivity (Wildman–Crippen MR) is 91.5 cm³/mol. The van der Waals surface area contributed by atoms with E-state index in [4.69, 9.17) is 11.6 Å². The number of nitro benzene ring substituents is 1. The second kappa shape index (κ2) is 7.74. The summed E-state index contributed by atoms with van der Waals surface area (Å²) in [6, 6.07) is 6.08. The van der Waals surface area contributed by atoms with Crippen LogP contribution in [0, 0.1) is 10.1 Å². The van der Waals surface area contributed by atoms with E-state index in [1.54, 1.807) is 36.1 Å². The SMILES string of the molecule is CCn1ncc(Cl)c1CN(C)C(=O)/C=C/c1cccc([N+](=O)[O-])c1. The van der Waals surface area contributed by atoms with Crippen molar-refractivity contribution >= 4 is 29.3 Å². The highest BCUT2D eigenvalue weighted by atomic mass is 35.5. The quantitative estimate of drug-likeness (QED) is 0.456. The number of aromatic nitrogens is 2. The lowest BCUT2D eigenvalue weighted by atomic mass is 10.2. The normalized spacial score (nSPS) is 11.0. The number of nitro groups is 1. The molecule has 0 saturated heterocycles. The van der Waals surface area contributed by atoms with Gasteiger partial charge in [0.15, 0.2) is 0 Å². The van der Waals surface area contributed by atoms with Crippen LogP contribution in [0.3, 0.4) is 0 Å². The third-order valence-electron chi connectivity index (χ3n) is 3.46. The Morgan fingerprint density at radius 3 is 2.92 bits per heavy atom. The third-order valence-corrected chi connectivity index (χ3v) is 3.78. The molecular formula is C16H17ClN4O3. The molecule has 0 atom stereocenters. The van der Waals surface area contributed by atoms with Gasteiger partial charge in [0.25, 0.3) is 5.69 Å². The van der Waals surface area contributed by atoms with E-state index >= 15 is 0 Å². The fourth-order valence-electron chi connectivity index (χ4n) is 2.16. The van der Waals surface area contributed by atoms with Crippen molar-refractivity contribution in [2.75, 3.05) is 7.05 Å². The fraction of sp³-hybridized carbons (Fsp3) is 0.250. The van der Waals surface area contributed by atoms with E-state index < -0.39 is 4.92 Å². The Morgan fingerprint density at radius 2 is 2.25 bits per heavy atom. The smallest absolute Gasteiger partial charge is 0.270 e. The number of amides is 1. The zero-order chi connectivity index (χ0) is 17.7. The summed E-state index contributed by atoms with van der Waals surface area (Å²) >= 11 is 6.09. The molecule has 0 N–H and O–H groups in total. The average molecular weight is 349 g/mol. The van der Waals surface area contributed by atoms with Gasteiger partial charge in [-0.3, -0.25) is 19.6 Å². The largest absolute Gasteiger partial charge is 0.336 e. The predicted octanol–water partition coefficient (Wildman–Crippen LogP) is 3.14. The molecule has 1 aromatic heterocycles. The Balaban J connectivity index is 2.07. The highest BCUT2D eigenvalue weighted by Crippen LogP contribution is 2.17. The number of benzene rings is 1. The van der Waals surface area contributed by atoms with E-state index in [9.17, 15) is 14.9 Å². The number of likely N-dealkylation sites (N-methyl/N-ethyl adjacent to an activating group) is 1. The number of hydrogen-bond donors (Lipinski definition) is 0. The number of hydrogen-bond acceptors (Lipinski definition) is 4. The topological polar surface area (TPSA) is 81.3 Å². The summed E-state index contributed by atoms with van der Waals surface area (Å²) in [6.45, 7) is 2.93. The van der Waals surface area contributed by atoms with Crippen molar-refractivity contribution in [2.45, 2.75) is 20.0 Å². The van der Waals surface area contributed by atoms with E-state index in [1.165, 1.54) is 23.1 Å². The molecule has 0 saturated carbocycles. The first kappa shape index (κ1) is 17.7. The van der Waals surface area contributed by atoms with Crippen LogP contribution in [0.1, 0.15) is 18.2 Å². The molecule has 1 amide bonds. The monoisotopic (exact) mass is 348 g/mol. The maximum absolute atomic E-state index is 12.2. The number of nitrogens with zero attached hydrogens (tertiary/aromatic N) is 4. The van der Waals surface area contributed by atoms with Gasteiger partial charge in [0.2, 0.25) is 5.91 Å². The number of carbonyl (C=O) groups excluding carboxylic acids is 1. The van der Waals surface area contributed by atoms with Gasteiger partial charge >= 0.3 is 0 Å². The second-order valence-corrected chi connectivity index (χ2v) is 5.54. The first-order chi connectivity index (χ1) is 11.4. The number of halogens is 1. The van der Waals surface area contributed by atoms with Crippen molar-refractivity contribution in [2.24, 2.45) is 0 Å².